The molecule has 1 atom stereocenters. The number of carboxylic acids is 2. The molecule has 578 valence electrons. The number of aromatic nitrogens is 6. The number of carbonyl (C=O) groups is 4. The molecule has 2 aliphatic heterocycles. The van der Waals surface area contributed by atoms with E-state index in [-0.39, 0.29) is 66.5 Å². The number of fused-ring (bicyclic) bond motifs is 2. The largest absolute Gasteiger partial charge is 0.478 e. The highest BCUT2D eigenvalue weighted by Gasteiger charge is 2.28. The van der Waals surface area contributed by atoms with Gasteiger partial charge in [0, 0.05) is 59.2 Å². The number of anilines is 6. The van der Waals surface area contributed by atoms with Crippen LogP contribution in [-0.4, -0.2) is 108 Å². The van der Waals surface area contributed by atoms with Crippen molar-refractivity contribution in [3.63, 3.8) is 0 Å². The van der Waals surface area contributed by atoms with E-state index in [0.29, 0.717) is 124 Å². The van der Waals surface area contributed by atoms with Crippen LogP contribution in [0.2, 0.25) is 40.3 Å². The molecule has 2 saturated heterocycles. The number of ether oxygens (including phenoxy) is 1. The number of hydrogen-bond acceptors (Lipinski definition) is 21. The number of aryl methyl sites for hydroxylation is 2. The minimum absolute atomic E-state index is 0.0394. The Kier molecular flexibility index (Phi) is 36.4. The number of nitrogens with two attached hydrogens (primary N) is 5. The molecule has 2 fully saturated rings. The second-order valence-electron chi connectivity index (χ2n) is 23.0. The van der Waals surface area contributed by atoms with Crippen LogP contribution in [0.25, 0.3) is 59.2 Å². The van der Waals surface area contributed by atoms with Gasteiger partial charge in [0.2, 0.25) is 0 Å². The zero-order valence-electron chi connectivity index (χ0n) is 58.7. The van der Waals surface area contributed by atoms with Gasteiger partial charge in [0.25, 0.3) is 11.8 Å². The molecule has 7 aromatic carbocycles. The van der Waals surface area contributed by atoms with Gasteiger partial charge in [-0.1, -0.05) is 123 Å². The van der Waals surface area contributed by atoms with Crippen LogP contribution in [0.4, 0.5) is 51.3 Å². The first-order chi connectivity index (χ1) is 52.8. The number of piperidine rings is 1. The predicted octanol–water partition coefficient (Wildman–Crippen LogP) is 20.5. The summed E-state index contributed by atoms with van der Waals surface area (Å²) in [7, 11) is 0. The molecule has 111 heavy (non-hydrogen) atoms. The summed E-state index contributed by atoms with van der Waals surface area (Å²) >= 11 is 53.2. The summed E-state index contributed by atoms with van der Waals surface area (Å²) in [4.78, 5) is 71.8. The molecule has 26 nitrogen and oxygen atoms in total. The van der Waals surface area contributed by atoms with Crippen LogP contribution >= 0.6 is 161 Å². The summed E-state index contributed by atoms with van der Waals surface area (Å²) in [6.07, 6.45) is 5.61. The molecule has 6 heterocycles. The van der Waals surface area contributed by atoms with Gasteiger partial charge >= 0.3 is 11.9 Å². The lowest BCUT2D eigenvalue weighted by molar-refractivity contribution is 0.0650. The van der Waals surface area contributed by atoms with E-state index >= 15 is 0 Å². The fraction of sp³-hybridized carbons (Fsp3) is 0.203. The molecule has 0 aliphatic carbocycles. The number of hydrogen-bond donors (Lipinski definition) is 9. The molecular weight excluding hydrogens is 1940 g/mol. The van der Waals surface area contributed by atoms with Gasteiger partial charge in [-0.3, -0.25) is 9.59 Å². The second-order valence-corrected chi connectivity index (χ2v) is 29.9. The maximum atomic E-state index is 10.6. The van der Waals surface area contributed by atoms with Crippen molar-refractivity contribution in [2.24, 2.45) is 0 Å². The maximum absolute atomic E-state index is 10.6. The number of aromatic carboxylic acids is 2. The molecule has 0 unspecified atom stereocenters. The fourth-order valence-electron chi connectivity index (χ4n) is 10.1. The van der Waals surface area contributed by atoms with Gasteiger partial charge in [0.1, 0.15) is 11.0 Å². The van der Waals surface area contributed by atoms with E-state index in [2.05, 4.69) is 95.2 Å². The average molecular weight is 2000 g/mol. The molecule has 4 aromatic heterocycles. The number of para-hydroxylation sites is 1. The van der Waals surface area contributed by atoms with Gasteiger partial charge in [-0.15, -0.1) is 0 Å². The first-order valence-corrected chi connectivity index (χ1v) is 38.7. The number of pyridine rings is 2. The van der Waals surface area contributed by atoms with Crippen LogP contribution < -0.4 is 38.9 Å². The third kappa shape index (κ3) is 25.8. The summed E-state index contributed by atoms with van der Waals surface area (Å²) in [6.45, 7) is 31.9. The van der Waals surface area contributed by atoms with E-state index in [1.54, 1.807) is 80.6 Å². The molecule has 0 radical (unpaired) electrons. The van der Waals surface area contributed by atoms with E-state index in [4.69, 9.17) is 175 Å². The number of nitrogens with one attached hydrogen (secondary N) is 1. The lowest BCUT2D eigenvalue weighted by atomic mass is 10.0. The van der Waals surface area contributed by atoms with Crippen molar-refractivity contribution in [1.29, 1.82) is 0 Å². The third-order valence-corrected chi connectivity index (χ3v) is 19.8. The van der Waals surface area contributed by atoms with Crippen LogP contribution in [0.15, 0.2) is 112 Å². The molecule has 14 N–H and O–H groups in total. The normalized spacial score (nSPS) is 12.7. The number of carbonyl (C=O) groups excluding carboxylic acids is 2. The SMILES string of the molecule is CC.Nc1c(Cl)cc(I)cc1C(=O)O.Nc1c(Cl)cc(I)cc1C=O.Nc1c(Cl)cc(I)cc1CO.Nc1c(Cl)cccc1C(=O)O.[C-]#[N+]c1cc(Cl)c(N)c(C=O)c1.[C-]#[N+]c1cc(Cl)c2nc(Cl)c(-c3nc(C)no3)cc2c1.[C-]#[N+]c1cc(Cl)c2nc(N3CCC(N[C@@H]4CCCOC4)CC3)c(-c3nc(C)no3)cc2c1. The topological polar surface area (TPSA) is 400 Å². The minimum atomic E-state index is -1.06. The molecule has 13 rings (SSSR count). The molecule has 0 saturated carbocycles. The number of benzene rings is 7. The van der Waals surface area contributed by atoms with Gasteiger partial charge in [0.05, 0.1) is 130 Å². The van der Waals surface area contributed by atoms with Crippen LogP contribution in [0.1, 0.15) is 98.2 Å². The Hall–Kier alpha value is -8.42. The van der Waals surface area contributed by atoms with Gasteiger partial charge in [0.15, 0.2) is 41.3 Å². The summed E-state index contributed by atoms with van der Waals surface area (Å²) in [5.41, 5.74) is 33.8. The van der Waals surface area contributed by atoms with E-state index in [1.165, 1.54) is 30.7 Å². The maximum Gasteiger partial charge on any atom is 0.337 e. The number of nitrogens with zero attached hydrogens (tertiary/aromatic N) is 10. The molecule has 0 bridgehead atoms. The quantitative estimate of drug-likeness (QED) is 0.0202. The van der Waals surface area contributed by atoms with Crippen LogP contribution in [0, 0.1) is 44.3 Å². The second kappa shape index (κ2) is 44.1. The number of aldehydes is 2. The zero-order valence-corrected chi connectivity index (χ0v) is 71.2. The van der Waals surface area contributed by atoms with E-state index < -0.39 is 11.9 Å². The number of carboxylic acid groups (broad SMARTS) is 2. The lowest BCUT2D eigenvalue weighted by Gasteiger charge is -2.36. The third-order valence-electron chi connectivity index (χ3n) is 15.5. The highest BCUT2D eigenvalue weighted by Crippen LogP contribution is 2.39. The van der Waals surface area contributed by atoms with Crippen molar-refractivity contribution < 1.29 is 48.3 Å². The van der Waals surface area contributed by atoms with Crippen LogP contribution in [0.5, 0.6) is 0 Å². The standard InChI is InChI=1S/C23H25ClN6O2.C13H6Cl2N4O.C8H5ClN2O.C7H5ClINO2.C7H7ClINO.C7H5ClINO.C7H6ClNO2.C2H6/c1-14-26-23(32-29-14)19-11-15-10-18(25-2)12-20(24)21(15)28-22(19)30-7-5-16(6-8-30)27-17-4-3-9-31-13-17;1-6-17-13(20-19-6)9-4-7-3-8(16-2)5-10(14)11(7)18-12(9)15;1-11-6-2-5(4-12)8(10)7(9)3-6;8-5-2-3(9)1-4(6(5)10)7(11)12;2*8-6-2-5(9)1-4(3-11)7(6)10;8-5-3-1-2-4(6(5)9)7(10)11;1-2/h10-12,16-17,27H,3-9,13H2,1H3;3-5H,1H3;2-4H,10H2;1-2H,10H2,(H,11,12);1-2,11H,3,10H2;1-3H,10H2;1-3H,9H2,(H,10,11);1-2H3/t17-;;;;;;;/m1......./s1. The summed E-state index contributed by atoms with van der Waals surface area (Å²) in [6, 6.07) is 28.7. The van der Waals surface area contributed by atoms with E-state index in [1.807, 2.05) is 48.6 Å². The monoisotopic (exact) mass is 2000 g/mol. The first kappa shape index (κ1) is 91.5. The number of rotatable bonds is 10. The average Bonchev–Trinajstić information content (AvgIpc) is 1.66. The zero-order chi connectivity index (χ0) is 82.1. The number of halogens is 11. The van der Waals surface area contributed by atoms with E-state index in [0.717, 1.165) is 73.0 Å². The number of nitrogen functional groups attached to an aromatic ring is 5. The summed E-state index contributed by atoms with van der Waals surface area (Å²) < 4.78 is 18.8. The van der Waals surface area contributed by atoms with Crippen molar-refractivity contribution in [3.05, 3.63) is 228 Å². The Bertz CT molecular complexity index is 5340. The Morgan fingerprint density at radius 3 is 1.50 bits per heavy atom. The lowest BCUT2D eigenvalue weighted by Crippen LogP contribution is -2.48. The van der Waals surface area contributed by atoms with Gasteiger partial charge in [-0.05, 0) is 215 Å². The number of aliphatic hydroxyl groups excluding tert-OH is 1. The Morgan fingerprint density at radius 2 is 1.02 bits per heavy atom. The Morgan fingerprint density at radius 1 is 0.559 bits per heavy atom. The van der Waals surface area contributed by atoms with Gasteiger partial charge in [-0.25, -0.2) is 34.1 Å². The van der Waals surface area contributed by atoms with Gasteiger partial charge in [-0.2, -0.15) is 9.97 Å². The molecule has 0 amide bonds. The highest BCUT2D eigenvalue weighted by atomic mass is 127. The molecule has 11 aromatic rings. The van der Waals surface area contributed by atoms with Crippen LogP contribution in [0.3, 0.4) is 0 Å². The van der Waals surface area contributed by atoms with Crippen LogP contribution in [-0.2, 0) is 11.3 Å². The van der Waals surface area contributed by atoms with E-state index in [9.17, 15) is 19.2 Å². The molecule has 0 spiro atoms. The minimum Gasteiger partial charge on any atom is -0.478 e. The molecular formula is C74H65Cl8I3N16O10. The summed E-state index contributed by atoms with van der Waals surface area (Å²) in [5.74, 6) is 0.443. The number of aliphatic hydroxyl groups is 1. The Labute approximate surface area is 717 Å². The molecule has 2 aliphatic rings. The molecule has 37 heteroatoms. The Balaban J connectivity index is 0.000000212. The van der Waals surface area contributed by atoms with Crippen molar-refractivity contribution >= 4 is 258 Å². The predicted molar refractivity (Wildman–Crippen MR) is 465 cm³/mol. The first-order valence-electron chi connectivity index (χ1n) is 32.4. The fourth-order valence-corrected chi connectivity index (χ4v) is 14.5. The van der Waals surface area contributed by atoms with Crippen molar-refractivity contribution in [2.45, 2.75) is 72.1 Å². The van der Waals surface area contributed by atoms with Crippen molar-refractivity contribution in [3.8, 4) is 22.9 Å². The van der Waals surface area contributed by atoms with Gasteiger partial charge < -0.3 is 68.0 Å². The van der Waals surface area contributed by atoms with Crippen molar-refractivity contribution in [2.75, 3.05) is 59.9 Å². The summed E-state index contributed by atoms with van der Waals surface area (Å²) in [5, 5.41) is 41.8. The van der Waals surface area contributed by atoms with Crippen molar-refractivity contribution in [1.82, 2.24) is 35.6 Å². The highest BCUT2D eigenvalue weighted by molar-refractivity contribution is 14.1. The smallest absolute Gasteiger partial charge is 0.337 e.